The molecule has 0 bridgehead atoms. The topological polar surface area (TPSA) is 50.5 Å². The number of rotatable bonds is 7. The SMILES string of the molecule is CCCn1ccnc1CC(O)C(C)(CC)N1CCOCC1. The third kappa shape index (κ3) is 3.65. The van der Waals surface area contributed by atoms with E-state index in [9.17, 15) is 5.11 Å². The van der Waals surface area contributed by atoms with Crippen LogP contribution in [0.3, 0.4) is 0 Å². The molecule has 2 atom stereocenters. The standard InChI is InChI=1S/C16H29N3O2/c1-4-7-18-8-6-17-15(18)13-14(20)16(3,5-2)19-9-11-21-12-10-19/h6,8,14,20H,4-5,7,9-13H2,1-3H3. The molecule has 2 heterocycles. The number of nitrogens with zero attached hydrogens (tertiary/aromatic N) is 3. The quantitative estimate of drug-likeness (QED) is 0.832. The fourth-order valence-corrected chi connectivity index (χ4v) is 3.11. The summed E-state index contributed by atoms with van der Waals surface area (Å²) in [4.78, 5) is 6.80. The minimum Gasteiger partial charge on any atom is -0.391 e. The molecule has 1 aliphatic heterocycles. The lowest BCUT2D eigenvalue weighted by atomic mass is 9.87. The lowest BCUT2D eigenvalue weighted by molar-refractivity contribution is -0.0721. The molecule has 2 rings (SSSR count). The minimum absolute atomic E-state index is 0.216. The molecule has 0 aromatic carbocycles. The lowest BCUT2D eigenvalue weighted by Gasteiger charge is -2.45. The van der Waals surface area contributed by atoms with Crippen LogP contribution in [-0.4, -0.2) is 57.5 Å². The fraction of sp³-hybridized carbons (Fsp3) is 0.812. The van der Waals surface area contributed by atoms with E-state index in [4.69, 9.17) is 4.74 Å². The minimum atomic E-state index is -0.418. The summed E-state index contributed by atoms with van der Waals surface area (Å²) in [6.45, 7) is 10.7. The molecule has 1 saturated heterocycles. The summed E-state index contributed by atoms with van der Waals surface area (Å²) in [7, 11) is 0. The molecule has 0 aliphatic carbocycles. The highest BCUT2D eigenvalue weighted by Crippen LogP contribution is 2.27. The largest absolute Gasteiger partial charge is 0.391 e. The molecule has 5 heteroatoms. The summed E-state index contributed by atoms with van der Waals surface area (Å²) >= 11 is 0. The zero-order chi connectivity index (χ0) is 15.3. The van der Waals surface area contributed by atoms with Crippen LogP contribution in [0.5, 0.6) is 0 Å². The third-order valence-corrected chi connectivity index (χ3v) is 4.81. The van der Waals surface area contributed by atoms with Gasteiger partial charge in [-0.05, 0) is 19.8 Å². The lowest BCUT2D eigenvalue weighted by Crippen LogP contribution is -2.58. The predicted molar refractivity (Wildman–Crippen MR) is 83.3 cm³/mol. The van der Waals surface area contributed by atoms with Crippen molar-refractivity contribution in [3.63, 3.8) is 0 Å². The molecule has 2 unspecified atom stereocenters. The Morgan fingerprint density at radius 3 is 2.71 bits per heavy atom. The van der Waals surface area contributed by atoms with Crippen molar-refractivity contribution in [1.29, 1.82) is 0 Å². The summed E-state index contributed by atoms with van der Waals surface area (Å²) in [6, 6.07) is 0. The van der Waals surface area contributed by atoms with Crippen molar-refractivity contribution >= 4 is 0 Å². The highest BCUT2D eigenvalue weighted by Gasteiger charge is 2.38. The van der Waals surface area contributed by atoms with Gasteiger partial charge in [-0.3, -0.25) is 4.90 Å². The Labute approximate surface area is 127 Å². The van der Waals surface area contributed by atoms with E-state index in [1.54, 1.807) is 0 Å². The molecular weight excluding hydrogens is 266 g/mol. The van der Waals surface area contributed by atoms with Gasteiger partial charge in [0.05, 0.1) is 19.3 Å². The van der Waals surface area contributed by atoms with Gasteiger partial charge in [-0.1, -0.05) is 13.8 Å². The van der Waals surface area contributed by atoms with E-state index >= 15 is 0 Å². The number of morpholine rings is 1. The second-order valence-corrected chi connectivity index (χ2v) is 6.07. The molecule has 5 nitrogen and oxygen atoms in total. The molecule has 0 radical (unpaired) electrons. The predicted octanol–water partition coefficient (Wildman–Crippen LogP) is 1.70. The molecule has 1 fully saturated rings. The van der Waals surface area contributed by atoms with Crippen LogP contribution < -0.4 is 0 Å². The smallest absolute Gasteiger partial charge is 0.111 e. The Morgan fingerprint density at radius 1 is 1.38 bits per heavy atom. The van der Waals surface area contributed by atoms with Crippen molar-refractivity contribution in [2.75, 3.05) is 26.3 Å². The number of hydrogen-bond acceptors (Lipinski definition) is 4. The van der Waals surface area contributed by atoms with Crippen molar-refractivity contribution in [3.8, 4) is 0 Å². The number of imidazole rings is 1. The Balaban J connectivity index is 2.08. The van der Waals surface area contributed by atoms with Gasteiger partial charge in [-0.15, -0.1) is 0 Å². The zero-order valence-corrected chi connectivity index (χ0v) is 13.6. The highest BCUT2D eigenvalue weighted by atomic mass is 16.5. The second kappa shape index (κ2) is 7.38. The molecule has 21 heavy (non-hydrogen) atoms. The van der Waals surface area contributed by atoms with Crippen LogP contribution >= 0.6 is 0 Å². The highest BCUT2D eigenvalue weighted by molar-refractivity contribution is 5.01. The van der Waals surface area contributed by atoms with Gasteiger partial charge >= 0.3 is 0 Å². The monoisotopic (exact) mass is 295 g/mol. The molecule has 0 spiro atoms. The van der Waals surface area contributed by atoms with Crippen molar-refractivity contribution in [2.24, 2.45) is 0 Å². The van der Waals surface area contributed by atoms with E-state index in [0.29, 0.717) is 6.42 Å². The maximum atomic E-state index is 10.8. The van der Waals surface area contributed by atoms with E-state index in [2.05, 4.69) is 35.2 Å². The first kappa shape index (κ1) is 16.5. The van der Waals surface area contributed by atoms with E-state index in [0.717, 1.165) is 51.5 Å². The first-order valence-electron chi connectivity index (χ1n) is 8.12. The van der Waals surface area contributed by atoms with Gasteiger partial charge in [0, 0.05) is 44.0 Å². The maximum Gasteiger partial charge on any atom is 0.111 e. The summed E-state index contributed by atoms with van der Waals surface area (Å²) in [6.07, 6.45) is 6.02. The average Bonchev–Trinajstić information content (AvgIpc) is 2.95. The van der Waals surface area contributed by atoms with Gasteiger partial charge in [-0.25, -0.2) is 4.98 Å². The molecule has 1 aromatic heterocycles. The van der Waals surface area contributed by atoms with Gasteiger partial charge in [0.15, 0.2) is 0 Å². The van der Waals surface area contributed by atoms with Crippen LogP contribution in [0.25, 0.3) is 0 Å². The Hall–Kier alpha value is -0.910. The Kier molecular flexibility index (Phi) is 5.79. The summed E-state index contributed by atoms with van der Waals surface area (Å²) in [5.41, 5.74) is -0.216. The van der Waals surface area contributed by atoms with Crippen LogP contribution in [0, 0.1) is 0 Å². The van der Waals surface area contributed by atoms with E-state index in [-0.39, 0.29) is 5.54 Å². The van der Waals surface area contributed by atoms with Gasteiger partial charge < -0.3 is 14.4 Å². The van der Waals surface area contributed by atoms with Gasteiger partial charge in [0.1, 0.15) is 5.82 Å². The third-order valence-electron chi connectivity index (χ3n) is 4.81. The molecule has 0 amide bonds. The molecule has 0 saturated carbocycles. The van der Waals surface area contributed by atoms with Crippen molar-refractivity contribution in [2.45, 2.75) is 58.2 Å². The number of aliphatic hydroxyl groups excluding tert-OH is 1. The van der Waals surface area contributed by atoms with Crippen LogP contribution in [0.2, 0.25) is 0 Å². The normalized spacial score (nSPS) is 21.1. The van der Waals surface area contributed by atoms with Crippen LogP contribution in [-0.2, 0) is 17.7 Å². The number of hydrogen-bond donors (Lipinski definition) is 1. The molecular formula is C16H29N3O2. The maximum absolute atomic E-state index is 10.8. The van der Waals surface area contributed by atoms with Crippen LogP contribution in [0.15, 0.2) is 12.4 Å². The first-order valence-corrected chi connectivity index (χ1v) is 8.12. The van der Waals surface area contributed by atoms with Crippen LogP contribution in [0.4, 0.5) is 0 Å². The molecule has 120 valence electrons. The van der Waals surface area contributed by atoms with Crippen molar-refractivity contribution in [3.05, 3.63) is 18.2 Å². The molecule has 1 aliphatic rings. The number of aliphatic hydroxyl groups is 1. The number of aromatic nitrogens is 2. The van der Waals surface area contributed by atoms with E-state index in [1.165, 1.54) is 0 Å². The second-order valence-electron chi connectivity index (χ2n) is 6.07. The molecule has 1 aromatic rings. The summed E-state index contributed by atoms with van der Waals surface area (Å²) < 4.78 is 7.59. The van der Waals surface area contributed by atoms with Gasteiger partial charge in [-0.2, -0.15) is 0 Å². The summed E-state index contributed by atoms with van der Waals surface area (Å²) in [5.74, 6) is 0.984. The number of aryl methyl sites for hydroxylation is 1. The number of ether oxygens (including phenoxy) is 1. The fourth-order valence-electron chi connectivity index (χ4n) is 3.11. The Morgan fingerprint density at radius 2 is 2.10 bits per heavy atom. The van der Waals surface area contributed by atoms with Crippen LogP contribution in [0.1, 0.15) is 39.4 Å². The van der Waals surface area contributed by atoms with E-state index in [1.807, 2.05) is 12.4 Å². The molecule has 1 N–H and O–H groups in total. The summed E-state index contributed by atoms with van der Waals surface area (Å²) in [5, 5.41) is 10.8. The Bertz CT molecular complexity index is 429. The van der Waals surface area contributed by atoms with Crippen molar-refractivity contribution in [1.82, 2.24) is 14.5 Å². The van der Waals surface area contributed by atoms with E-state index < -0.39 is 6.10 Å². The zero-order valence-electron chi connectivity index (χ0n) is 13.6. The van der Waals surface area contributed by atoms with Gasteiger partial charge in [0.25, 0.3) is 0 Å². The first-order chi connectivity index (χ1) is 10.1. The van der Waals surface area contributed by atoms with Gasteiger partial charge in [0.2, 0.25) is 0 Å². The average molecular weight is 295 g/mol. The van der Waals surface area contributed by atoms with Crippen molar-refractivity contribution < 1.29 is 9.84 Å².